The second kappa shape index (κ2) is 8.60. The monoisotopic (exact) mass is 427 g/mol. The standard InChI is InChI=1S/C18H14ClF3N4O3/c19-12-2-4-16(27)13(10-12)17(28)24-25-23-14-9-11(18(20,21)22)1-3-15(14)26-5-7-29-8-6-26/h1-4,9-10H,5-8H2/p+1. The zero-order valence-corrected chi connectivity index (χ0v) is 15.6. The van der Waals surface area contributed by atoms with Crippen LogP contribution >= 0.6 is 11.6 Å². The molecule has 0 aliphatic carbocycles. The Hall–Kier alpha value is -2.94. The molecule has 1 saturated heterocycles. The summed E-state index contributed by atoms with van der Waals surface area (Å²) in [5.41, 5.74) is -0.775. The van der Waals surface area contributed by atoms with Gasteiger partial charge >= 0.3 is 12.1 Å². The summed E-state index contributed by atoms with van der Waals surface area (Å²) in [4.78, 5) is 17.3. The lowest BCUT2D eigenvalue weighted by Crippen LogP contribution is -2.36. The highest BCUT2D eigenvalue weighted by molar-refractivity contribution is 6.31. The van der Waals surface area contributed by atoms with Gasteiger partial charge in [0.15, 0.2) is 10.8 Å². The van der Waals surface area contributed by atoms with E-state index < -0.39 is 17.6 Å². The van der Waals surface area contributed by atoms with Gasteiger partial charge in [0.1, 0.15) is 5.75 Å². The van der Waals surface area contributed by atoms with Crippen LogP contribution in [-0.4, -0.2) is 37.3 Å². The van der Waals surface area contributed by atoms with Crippen LogP contribution < -0.4 is 9.81 Å². The van der Waals surface area contributed by atoms with Gasteiger partial charge in [0, 0.05) is 18.1 Å². The number of phenols is 1. The van der Waals surface area contributed by atoms with Crippen LogP contribution in [0.3, 0.4) is 0 Å². The molecule has 0 bridgehead atoms. The maximum absolute atomic E-state index is 13.1. The van der Waals surface area contributed by atoms with Gasteiger partial charge in [0.05, 0.1) is 30.0 Å². The van der Waals surface area contributed by atoms with E-state index in [0.717, 1.165) is 12.1 Å². The molecular formula is C18H15ClF3N4O3+. The molecule has 0 saturated carbocycles. The fourth-order valence-electron chi connectivity index (χ4n) is 2.70. The van der Waals surface area contributed by atoms with Crippen molar-refractivity contribution >= 4 is 28.9 Å². The lowest BCUT2D eigenvalue weighted by atomic mass is 10.1. The molecule has 7 nitrogen and oxygen atoms in total. The van der Waals surface area contributed by atoms with Gasteiger partial charge in [0.25, 0.3) is 0 Å². The Morgan fingerprint density at radius 1 is 1.17 bits per heavy atom. The van der Waals surface area contributed by atoms with E-state index in [1.54, 1.807) is 0 Å². The quantitative estimate of drug-likeness (QED) is 0.582. The predicted octanol–water partition coefficient (Wildman–Crippen LogP) is 4.34. The van der Waals surface area contributed by atoms with Crippen molar-refractivity contribution < 1.29 is 27.8 Å². The number of hydrogen-bond acceptors (Lipinski definition) is 5. The van der Waals surface area contributed by atoms with E-state index >= 15 is 0 Å². The van der Waals surface area contributed by atoms with Crippen LogP contribution in [0, 0.1) is 0 Å². The number of phenolic OH excluding ortho intramolecular Hbond substituents is 1. The molecule has 0 spiro atoms. The molecule has 2 aromatic carbocycles. The summed E-state index contributed by atoms with van der Waals surface area (Å²) in [5.74, 6) is -1.29. The molecular weight excluding hydrogens is 413 g/mol. The van der Waals surface area contributed by atoms with Gasteiger partial charge in [-0.25, -0.2) is 0 Å². The van der Waals surface area contributed by atoms with Crippen molar-refractivity contribution in [2.75, 3.05) is 31.2 Å². The third-order valence-electron chi connectivity index (χ3n) is 4.13. The number of halogens is 4. The molecule has 1 aliphatic heterocycles. The van der Waals surface area contributed by atoms with Crippen LogP contribution in [-0.2, 0) is 10.9 Å². The number of ether oxygens (including phenoxy) is 1. The summed E-state index contributed by atoms with van der Waals surface area (Å²) >= 11 is 5.78. The van der Waals surface area contributed by atoms with Gasteiger partial charge in [-0.05, 0) is 36.4 Å². The van der Waals surface area contributed by atoms with E-state index in [-0.39, 0.29) is 22.0 Å². The molecule has 0 atom stereocenters. The third-order valence-corrected chi connectivity index (χ3v) is 4.37. The smallest absolute Gasteiger partial charge is 0.416 e. The molecule has 3 rings (SSSR count). The first-order valence-electron chi connectivity index (χ1n) is 8.44. The summed E-state index contributed by atoms with van der Waals surface area (Å²) in [7, 11) is 0. The van der Waals surface area contributed by atoms with Crippen LogP contribution in [0.2, 0.25) is 5.02 Å². The molecule has 1 heterocycles. The Balaban J connectivity index is 1.95. The lowest BCUT2D eigenvalue weighted by molar-refractivity contribution is -0.137. The highest BCUT2D eigenvalue weighted by Gasteiger charge is 2.32. The summed E-state index contributed by atoms with van der Waals surface area (Å²) in [6, 6.07) is 6.88. The molecule has 1 N–H and O–H groups in total. The molecule has 0 aromatic heterocycles. The molecule has 1 amide bonds. The second-order valence-electron chi connectivity index (χ2n) is 6.06. The zero-order chi connectivity index (χ0) is 21.0. The predicted molar refractivity (Wildman–Crippen MR) is 98.6 cm³/mol. The number of alkyl halides is 3. The van der Waals surface area contributed by atoms with Gasteiger partial charge in [-0.1, -0.05) is 11.6 Å². The number of nitrogens with zero attached hydrogens (tertiary/aromatic N) is 4. The summed E-state index contributed by atoms with van der Waals surface area (Å²) < 4.78 is 44.5. The van der Waals surface area contributed by atoms with Crippen molar-refractivity contribution in [3.05, 3.63) is 52.5 Å². The summed E-state index contributed by atoms with van der Waals surface area (Å²) in [6.07, 6.45) is -4.56. The van der Waals surface area contributed by atoms with Gasteiger partial charge < -0.3 is 14.7 Å². The van der Waals surface area contributed by atoms with Gasteiger partial charge in [-0.3, -0.25) is 4.79 Å². The first-order valence-corrected chi connectivity index (χ1v) is 8.82. The van der Waals surface area contributed by atoms with Gasteiger partial charge in [0.2, 0.25) is 10.0 Å². The average Bonchev–Trinajstić information content (AvgIpc) is 2.69. The molecule has 152 valence electrons. The molecule has 0 radical (unpaired) electrons. The molecule has 1 fully saturated rings. The Morgan fingerprint density at radius 3 is 2.59 bits per heavy atom. The largest absolute Gasteiger partial charge is 0.507 e. The van der Waals surface area contributed by atoms with Crippen LogP contribution in [0.4, 0.5) is 24.5 Å². The van der Waals surface area contributed by atoms with Crippen molar-refractivity contribution in [2.45, 2.75) is 6.18 Å². The molecule has 11 heteroatoms. The van der Waals surface area contributed by atoms with Crippen molar-refractivity contribution in [3.63, 3.8) is 0 Å². The van der Waals surface area contributed by atoms with Crippen molar-refractivity contribution in [1.82, 2.24) is 4.91 Å². The Labute approximate surface area is 168 Å². The number of benzene rings is 2. The number of hydrogen-bond donors (Lipinski definition) is 1. The fourth-order valence-corrected chi connectivity index (χ4v) is 2.87. The summed E-state index contributed by atoms with van der Waals surface area (Å²) in [6.45, 7) is 1.80. The minimum absolute atomic E-state index is 0.0893. The van der Waals surface area contributed by atoms with Crippen LogP contribution in [0.5, 0.6) is 5.75 Å². The molecule has 0 unspecified atom stereocenters. The fraction of sp³-hybridized carbons (Fsp3) is 0.278. The minimum Gasteiger partial charge on any atom is -0.507 e. The maximum Gasteiger partial charge on any atom is 0.416 e. The number of rotatable bonds is 3. The highest BCUT2D eigenvalue weighted by Crippen LogP contribution is 2.36. The van der Waals surface area contributed by atoms with E-state index in [4.69, 9.17) is 16.3 Å². The maximum atomic E-state index is 13.1. The van der Waals surface area contributed by atoms with Crippen molar-refractivity contribution in [1.29, 1.82) is 0 Å². The second-order valence-corrected chi connectivity index (χ2v) is 6.49. The van der Waals surface area contributed by atoms with Gasteiger partial charge in [-0.2, -0.15) is 13.2 Å². The first kappa shape index (κ1) is 20.8. The Kier molecular flexibility index (Phi) is 6.17. The Morgan fingerprint density at radius 2 is 1.90 bits per heavy atom. The number of aromatic hydroxyl groups is 1. The van der Waals surface area contributed by atoms with Crippen LogP contribution in [0.15, 0.2) is 46.6 Å². The van der Waals surface area contributed by atoms with E-state index in [2.05, 4.69) is 15.1 Å². The molecule has 1 aliphatic rings. The topological polar surface area (TPSA) is 88.6 Å². The van der Waals surface area contributed by atoms with Crippen molar-refractivity contribution in [3.8, 4) is 5.75 Å². The molecule has 2 aromatic rings. The van der Waals surface area contributed by atoms with Crippen molar-refractivity contribution in [2.24, 2.45) is 10.2 Å². The SMILES string of the molecule is O=C(N=[N+]=Nc1cc(C(F)(F)F)ccc1N1CCOCC1)c1cc(Cl)ccc1O. The first-order chi connectivity index (χ1) is 13.8. The number of amides is 1. The normalized spacial score (nSPS) is 14.3. The lowest BCUT2D eigenvalue weighted by Gasteiger charge is -2.29. The number of carbonyl (C=O) groups is 1. The van der Waals surface area contributed by atoms with Crippen LogP contribution in [0.1, 0.15) is 15.9 Å². The molecule has 29 heavy (non-hydrogen) atoms. The van der Waals surface area contributed by atoms with Crippen LogP contribution in [0.25, 0.3) is 0 Å². The number of carbonyl (C=O) groups excluding carboxylic acids is 1. The van der Waals surface area contributed by atoms with E-state index in [1.807, 2.05) is 4.90 Å². The highest BCUT2D eigenvalue weighted by atomic mass is 35.5. The summed E-state index contributed by atoms with van der Waals surface area (Å²) in [5, 5.41) is 17.0. The van der Waals surface area contributed by atoms with E-state index in [1.165, 1.54) is 24.3 Å². The third kappa shape index (κ3) is 5.11. The Bertz CT molecular complexity index is 985. The van der Waals surface area contributed by atoms with Gasteiger partial charge in [-0.15, -0.1) is 0 Å². The zero-order valence-electron chi connectivity index (χ0n) is 14.9. The van der Waals surface area contributed by atoms with E-state index in [9.17, 15) is 23.1 Å². The minimum atomic E-state index is -4.56. The van der Waals surface area contributed by atoms with E-state index in [0.29, 0.717) is 32.0 Å². The number of morpholine rings is 1. The average molecular weight is 428 g/mol. The number of anilines is 1.